The van der Waals surface area contributed by atoms with Crippen molar-refractivity contribution < 1.29 is 4.79 Å². The Morgan fingerprint density at radius 3 is 2.52 bits per heavy atom. The zero-order chi connectivity index (χ0) is 14.9. The lowest BCUT2D eigenvalue weighted by atomic mass is 10.1. The van der Waals surface area contributed by atoms with E-state index in [1.165, 1.54) is 11.1 Å². The number of amides is 1. The fourth-order valence-corrected chi connectivity index (χ4v) is 3.02. The van der Waals surface area contributed by atoms with E-state index >= 15 is 0 Å². The average molecular weight is 299 g/mol. The highest BCUT2D eigenvalue weighted by Gasteiger charge is 2.02. The molecule has 0 aliphatic carbocycles. The van der Waals surface area contributed by atoms with Crippen molar-refractivity contribution in [2.75, 3.05) is 5.75 Å². The van der Waals surface area contributed by atoms with Gasteiger partial charge in [0, 0.05) is 24.5 Å². The summed E-state index contributed by atoms with van der Waals surface area (Å²) in [7, 11) is 0. The molecule has 2 nitrogen and oxygen atoms in total. The molecule has 0 saturated carbocycles. The average Bonchev–Trinajstić information content (AvgIpc) is 2.52. The zero-order valence-electron chi connectivity index (χ0n) is 12.3. The molecule has 0 bridgehead atoms. The third-order valence-corrected chi connectivity index (χ3v) is 4.33. The summed E-state index contributed by atoms with van der Waals surface area (Å²) < 4.78 is 0. The van der Waals surface area contributed by atoms with Crippen LogP contribution in [0.1, 0.15) is 23.1 Å². The van der Waals surface area contributed by atoms with E-state index in [-0.39, 0.29) is 5.91 Å². The Kier molecular flexibility index (Phi) is 6.35. The lowest BCUT2D eigenvalue weighted by Gasteiger charge is -2.06. The Bertz CT molecular complexity index is 568. The van der Waals surface area contributed by atoms with Gasteiger partial charge in [0.15, 0.2) is 0 Å². The van der Waals surface area contributed by atoms with Crippen LogP contribution in [0.15, 0.2) is 54.6 Å². The van der Waals surface area contributed by atoms with Crippen LogP contribution >= 0.6 is 11.8 Å². The molecule has 1 N–H and O–H groups in total. The molecule has 2 rings (SSSR count). The minimum Gasteiger partial charge on any atom is -0.352 e. The van der Waals surface area contributed by atoms with E-state index in [1.54, 1.807) is 0 Å². The van der Waals surface area contributed by atoms with Crippen LogP contribution in [-0.4, -0.2) is 11.7 Å². The third-order valence-electron chi connectivity index (χ3n) is 3.32. The van der Waals surface area contributed by atoms with Gasteiger partial charge < -0.3 is 5.32 Å². The molecule has 0 fully saturated rings. The second-order valence-electron chi connectivity index (χ2n) is 4.99. The molecule has 21 heavy (non-hydrogen) atoms. The molecule has 0 unspecified atom stereocenters. The van der Waals surface area contributed by atoms with Gasteiger partial charge in [-0.1, -0.05) is 54.6 Å². The SMILES string of the molecule is Cc1ccccc1CSCCC(=O)NCc1ccccc1. The fourth-order valence-electron chi connectivity index (χ4n) is 2.00. The summed E-state index contributed by atoms with van der Waals surface area (Å²) in [5.74, 6) is 1.95. The molecule has 2 aromatic rings. The summed E-state index contributed by atoms with van der Waals surface area (Å²) in [5, 5.41) is 2.96. The summed E-state index contributed by atoms with van der Waals surface area (Å²) >= 11 is 1.81. The van der Waals surface area contributed by atoms with Crippen molar-refractivity contribution in [3.63, 3.8) is 0 Å². The highest BCUT2D eigenvalue weighted by Crippen LogP contribution is 2.16. The standard InChI is InChI=1S/C18H21NOS/c1-15-7-5-6-10-17(15)14-21-12-11-18(20)19-13-16-8-3-2-4-9-16/h2-10H,11-14H2,1H3,(H,19,20). The second-order valence-corrected chi connectivity index (χ2v) is 6.10. The van der Waals surface area contributed by atoms with Crippen molar-refractivity contribution in [1.29, 1.82) is 0 Å². The molecule has 0 radical (unpaired) electrons. The van der Waals surface area contributed by atoms with Crippen LogP contribution in [0.5, 0.6) is 0 Å². The van der Waals surface area contributed by atoms with Crippen molar-refractivity contribution in [3.05, 3.63) is 71.3 Å². The van der Waals surface area contributed by atoms with Gasteiger partial charge in [-0.25, -0.2) is 0 Å². The van der Waals surface area contributed by atoms with Crippen molar-refractivity contribution in [3.8, 4) is 0 Å². The maximum atomic E-state index is 11.8. The Balaban J connectivity index is 1.62. The maximum Gasteiger partial charge on any atom is 0.221 e. The first kappa shape index (κ1) is 15.6. The van der Waals surface area contributed by atoms with Crippen LogP contribution in [0.2, 0.25) is 0 Å². The monoisotopic (exact) mass is 299 g/mol. The summed E-state index contributed by atoms with van der Waals surface area (Å²) in [6.07, 6.45) is 0.573. The second kappa shape index (κ2) is 8.53. The van der Waals surface area contributed by atoms with Gasteiger partial charge in [-0.2, -0.15) is 11.8 Å². The summed E-state index contributed by atoms with van der Waals surface area (Å²) in [6, 6.07) is 18.4. The fraction of sp³-hybridized carbons (Fsp3) is 0.278. The molecule has 1 amide bonds. The largest absolute Gasteiger partial charge is 0.352 e. The van der Waals surface area contributed by atoms with Gasteiger partial charge >= 0.3 is 0 Å². The maximum absolute atomic E-state index is 11.8. The van der Waals surface area contributed by atoms with Gasteiger partial charge in [-0.15, -0.1) is 0 Å². The number of nitrogens with one attached hydrogen (secondary N) is 1. The molecule has 110 valence electrons. The van der Waals surface area contributed by atoms with Crippen LogP contribution < -0.4 is 5.32 Å². The molecule has 0 aliphatic rings. The number of thioether (sulfide) groups is 1. The van der Waals surface area contributed by atoms with E-state index in [0.29, 0.717) is 13.0 Å². The van der Waals surface area contributed by atoms with Gasteiger partial charge in [0.05, 0.1) is 0 Å². The molecule has 0 saturated heterocycles. The topological polar surface area (TPSA) is 29.1 Å². The van der Waals surface area contributed by atoms with Gasteiger partial charge in [0.1, 0.15) is 0 Å². The lowest BCUT2D eigenvalue weighted by molar-refractivity contribution is -0.120. The first-order valence-electron chi connectivity index (χ1n) is 7.18. The van der Waals surface area contributed by atoms with Crippen molar-refractivity contribution >= 4 is 17.7 Å². The van der Waals surface area contributed by atoms with Gasteiger partial charge in [-0.05, 0) is 23.6 Å². The zero-order valence-corrected chi connectivity index (χ0v) is 13.2. The van der Waals surface area contributed by atoms with E-state index in [4.69, 9.17) is 0 Å². The first-order chi connectivity index (χ1) is 10.3. The Morgan fingerprint density at radius 1 is 1.05 bits per heavy atom. The van der Waals surface area contributed by atoms with Crippen LogP contribution in [0.4, 0.5) is 0 Å². The van der Waals surface area contributed by atoms with Crippen LogP contribution in [0, 0.1) is 6.92 Å². The van der Waals surface area contributed by atoms with Gasteiger partial charge in [0.2, 0.25) is 5.91 Å². The molecule has 0 atom stereocenters. The van der Waals surface area contributed by atoms with E-state index in [9.17, 15) is 4.79 Å². The lowest BCUT2D eigenvalue weighted by Crippen LogP contribution is -2.22. The predicted molar refractivity (Wildman–Crippen MR) is 90.2 cm³/mol. The Morgan fingerprint density at radius 2 is 1.76 bits per heavy atom. The van der Waals surface area contributed by atoms with E-state index in [1.807, 2.05) is 42.1 Å². The molecule has 0 spiro atoms. The minimum atomic E-state index is 0.121. The highest BCUT2D eigenvalue weighted by atomic mass is 32.2. The van der Waals surface area contributed by atoms with Crippen LogP contribution in [-0.2, 0) is 17.1 Å². The number of rotatable bonds is 7. The molecule has 2 aromatic carbocycles. The third kappa shape index (κ3) is 5.64. The molecule has 0 aliphatic heterocycles. The minimum absolute atomic E-state index is 0.121. The number of carbonyl (C=O) groups excluding carboxylic acids is 1. The summed E-state index contributed by atoms with van der Waals surface area (Å²) in [4.78, 5) is 11.8. The summed E-state index contributed by atoms with van der Waals surface area (Å²) in [5.41, 5.74) is 3.81. The van der Waals surface area contributed by atoms with Crippen molar-refractivity contribution in [2.24, 2.45) is 0 Å². The van der Waals surface area contributed by atoms with Crippen LogP contribution in [0.3, 0.4) is 0 Å². The van der Waals surface area contributed by atoms with E-state index < -0.39 is 0 Å². The van der Waals surface area contributed by atoms with Gasteiger partial charge in [0.25, 0.3) is 0 Å². The Labute approximate surface area is 131 Å². The molecule has 3 heteroatoms. The van der Waals surface area contributed by atoms with Crippen molar-refractivity contribution in [1.82, 2.24) is 5.32 Å². The first-order valence-corrected chi connectivity index (χ1v) is 8.34. The highest BCUT2D eigenvalue weighted by molar-refractivity contribution is 7.98. The number of aryl methyl sites for hydroxylation is 1. The van der Waals surface area contributed by atoms with Crippen molar-refractivity contribution in [2.45, 2.75) is 25.6 Å². The quantitative estimate of drug-likeness (QED) is 0.785. The van der Waals surface area contributed by atoms with E-state index in [0.717, 1.165) is 17.1 Å². The Hall–Kier alpha value is -1.74. The molecular weight excluding hydrogens is 278 g/mol. The normalized spacial score (nSPS) is 10.3. The van der Waals surface area contributed by atoms with E-state index in [2.05, 4.69) is 36.5 Å². The number of carbonyl (C=O) groups is 1. The van der Waals surface area contributed by atoms with Crippen LogP contribution in [0.25, 0.3) is 0 Å². The molecule has 0 aromatic heterocycles. The number of hydrogen-bond donors (Lipinski definition) is 1. The predicted octanol–water partition coefficient (Wildman–Crippen LogP) is 3.93. The molecule has 0 heterocycles. The summed E-state index contributed by atoms with van der Waals surface area (Å²) in [6.45, 7) is 2.74. The van der Waals surface area contributed by atoms with Gasteiger partial charge in [-0.3, -0.25) is 4.79 Å². The molecular formula is C18H21NOS. The number of benzene rings is 2. The number of hydrogen-bond acceptors (Lipinski definition) is 2. The smallest absolute Gasteiger partial charge is 0.221 e.